The van der Waals surface area contributed by atoms with E-state index in [0.717, 1.165) is 57.7 Å². The molecular formula is C15H25N3O. The van der Waals surface area contributed by atoms with E-state index in [2.05, 4.69) is 22.0 Å². The molecule has 0 aliphatic carbocycles. The van der Waals surface area contributed by atoms with Gasteiger partial charge in [-0.25, -0.2) is 0 Å². The molecule has 1 aromatic heterocycles. The zero-order chi connectivity index (χ0) is 13.5. The average Bonchev–Trinajstić information content (AvgIpc) is 2.41. The molecule has 0 bridgehead atoms. The second-order valence-corrected chi connectivity index (χ2v) is 5.26. The Bertz CT molecular complexity index is 375. The molecule has 0 aromatic carbocycles. The number of aryl methyl sites for hydroxylation is 1. The number of rotatable bonds is 6. The molecule has 2 heterocycles. The highest BCUT2D eigenvalue weighted by Gasteiger charge is 2.19. The molecule has 106 valence electrons. The van der Waals surface area contributed by atoms with Gasteiger partial charge in [0.25, 0.3) is 0 Å². The van der Waals surface area contributed by atoms with E-state index in [1.165, 1.54) is 5.69 Å². The normalized spacial score (nSPS) is 17.8. The summed E-state index contributed by atoms with van der Waals surface area (Å²) in [4.78, 5) is 7.02. The van der Waals surface area contributed by atoms with Crippen LogP contribution in [0.4, 0.5) is 0 Å². The topological polar surface area (TPSA) is 51.4 Å². The van der Waals surface area contributed by atoms with Crippen molar-refractivity contribution >= 4 is 0 Å². The lowest BCUT2D eigenvalue weighted by Crippen LogP contribution is -2.37. The van der Waals surface area contributed by atoms with Crippen LogP contribution < -0.4 is 5.73 Å². The van der Waals surface area contributed by atoms with Crippen LogP contribution in [0.2, 0.25) is 0 Å². The first-order valence-corrected chi connectivity index (χ1v) is 7.24. The van der Waals surface area contributed by atoms with Gasteiger partial charge in [0.15, 0.2) is 0 Å². The maximum Gasteiger partial charge on any atom is 0.0599 e. The first-order chi connectivity index (χ1) is 9.28. The van der Waals surface area contributed by atoms with Crippen molar-refractivity contribution in [3.63, 3.8) is 0 Å². The summed E-state index contributed by atoms with van der Waals surface area (Å²) in [5.74, 6) is 0. The number of ether oxygens (including phenoxy) is 1. The molecule has 4 nitrogen and oxygen atoms in total. The minimum absolute atomic E-state index is 0.424. The van der Waals surface area contributed by atoms with Crippen molar-refractivity contribution in [2.45, 2.75) is 38.8 Å². The van der Waals surface area contributed by atoms with Crippen LogP contribution in [-0.4, -0.2) is 42.2 Å². The Hall–Kier alpha value is -0.970. The van der Waals surface area contributed by atoms with E-state index >= 15 is 0 Å². The van der Waals surface area contributed by atoms with Crippen LogP contribution in [0.3, 0.4) is 0 Å². The summed E-state index contributed by atoms with van der Waals surface area (Å²) in [6.45, 7) is 6.72. The van der Waals surface area contributed by atoms with Gasteiger partial charge in [-0.05, 0) is 44.9 Å². The zero-order valence-corrected chi connectivity index (χ0v) is 11.8. The lowest BCUT2D eigenvalue weighted by molar-refractivity contribution is 0.00540. The van der Waals surface area contributed by atoms with Crippen LogP contribution in [0.15, 0.2) is 18.2 Å². The van der Waals surface area contributed by atoms with E-state index in [1.807, 2.05) is 13.0 Å². The van der Waals surface area contributed by atoms with Gasteiger partial charge in [0.2, 0.25) is 0 Å². The fraction of sp³-hybridized carbons (Fsp3) is 0.667. The van der Waals surface area contributed by atoms with E-state index in [0.29, 0.717) is 6.10 Å². The number of hydrogen-bond donors (Lipinski definition) is 1. The number of piperidine rings is 1. The smallest absolute Gasteiger partial charge is 0.0599 e. The van der Waals surface area contributed by atoms with Crippen molar-refractivity contribution in [3.05, 3.63) is 29.6 Å². The average molecular weight is 263 g/mol. The third-order valence-corrected chi connectivity index (χ3v) is 3.57. The van der Waals surface area contributed by atoms with Crippen molar-refractivity contribution in [3.8, 4) is 0 Å². The first-order valence-electron chi connectivity index (χ1n) is 7.24. The largest absolute Gasteiger partial charge is 0.378 e. The lowest BCUT2D eigenvalue weighted by Gasteiger charge is -2.31. The van der Waals surface area contributed by atoms with Gasteiger partial charge in [0.1, 0.15) is 0 Å². The SMILES string of the molecule is Cc1cccc(CN2CCC(OCCCN)CC2)n1. The fourth-order valence-electron chi connectivity index (χ4n) is 2.48. The highest BCUT2D eigenvalue weighted by molar-refractivity contribution is 5.09. The Morgan fingerprint density at radius 1 is 1.37 bits per heavy atom. The van der Waals surface area contributed by atoms with Crippen LogP contribution in [-0.2, 0) is 11.3 Å². The molecule has 1 aromatic rings. The Kier molecular flexibility index (Phi) is 5.76. The van der Waals surface area contributed by atoms with Crippen LogP contribution in [0.5, 0.6) is 0 Å². The van der Waals surface area contributed by atoms with Crippen LogP contribution >= 0.6 is 0 Å². The highest BCUT2D eigenvalue weighted by Crippen LogP contribution is 2.15. The monoisotopic (exact) mass is 263 g/mol. The van der Waals surface area contributed by atoms with E-state index < -0.39 is 0 Å². The molecule has 1 saturated heterocycles. The molecule has 0 unspecified atom stereocenters. The molecule has 0 amide bonds. The summed E-state index contributed by atoms with van der Waals surface area (Å²) in [6, 6.07) is 6.23. The molecule has 19 heavy (non-hydrogen) atoms. The first kappa shape index (κ1) is 14.4. The Morgan fingerprint density at radius 2 is 2.16 bits per heavy atom. The molecule has 0 saturated carbocycles. The summed E-state index contributed by atoms with van der Waals surface area (Å²) in [6.07, 6.45) is 3.63. The molecular weight excluding hydrogens is 238 g/mol. The summed E-state index contributed by atoms with van der Waals surface area (Å²) in [7, 11) is 0. The molecule has 0 radical (unpaired) electrons. The van der Waals surface area contributed by atoms with Crippen molar-refractivity contribution in [2.75, 3.05) is 26.2 Å². The van der Waals surface area contributed by atoms with Gasteiger partial charge < -0.3 is 10.5 Å². The molecule has 4 heteroatoms. The van der Waals surface area contributed by atoms with Crippen LogP contribution in [0.1, 0.15) is 30.7 Å². The third kappa shape index (κ3) is 4.90. The quantitative estimate of drug-likeness (QED) is 0.794. The maximum absolute atomic E-state index is 5.82. The van der Waals surface area contributed by atoms with Gasteiger partial charge in [-0.2, -0.15) is 0 Å². The highest BCUT2D eigenvalue weighted by atomic mass is 16.5. The van der Waals surface area contributed by atoms with Gasteiger partial charge in [0, 0.05) is 31.9 Å². The summed E-state index contributed by atoms with van der Waals surface area (Å²) < 4.78 is 5.82. The van der Waals surface area contributed by atoms with Crippen molar-refractivity contribution in [1.82, 2.24) is 9.88 Å². The number of likely N-dealkylation sites (tertiary alicyclic amines) is 1. The van der Waals surface area contributed by atoms with Crippen molar-refractivity contribution in [1.29, 1.82) is 0 Å². The number of pyridine rings is 1. The summed E-state index contributed by atoms with van der Waals surface area (Å²) >= 11 is 0. The second kappa shape index (κ2) is 7.58. The minimum atomic E-state index is 0.424. The molecule has 0 atom stereocenters. The number of aromatic nitrogens is 1. The van der Waals surface area contributed by atoms with Crippen LogP contribution in [0.25, 0.3) is 0 Å². The van der Waals surface area contributed by atoms with E-state index in [9.17, 15) is 0 Å². The van der Waals surface area contributed by atoms with Gasteiger partial charge in [-0.15, -0.1) is 0 Å². The van der Waals surface area contributed by atoms with Gasteiger partial charge in [-0.3, -0.25) is 9.88 Å². The molecule has 0 spiro atoms. The lowest BCUT2D eigenvalue weighted by atomic mass is 10.1. The summed E-state index contributed by atoms with van der Waals surface area (Å²) in [5, 5.41) is 0. The fourth-order valence-corrected chi connectivity index (χ4v) is 2.48. The summed E-state index contributed by atoms with van der Waals surface area (Å²) in [5.41, 5.74) is 7.73. The van der Waals surface area contributed by atoms with Gasteiger partial charge in [-0.1, -0.05) is 6.07 Å². The number of nitrogens with two attached hydrogens (primary N) is 1. The molecule has 1 aliphatic heterocycles. The predicted molar refractivity (Wildman–Crippen MR) is 76.9 cm³/mol. The second-order valence-electron chi connectivity index (χ2n) is 5.26. The molecule has 2 rings (SSSR count). The Balaban J connectivity index is 1.71. The number of hydrogen-bond acceptors (Lipinski definition) is 4. The van der Waals surface area contributed by atoms with Crippen molar-refractivity contribution in [2.24, 2.45) is 5.73 Å². The van der Waals surface area contributed by atoms with Crippen molar-refractivity contribution < 1.29 is 4.74 Å². The number of nitrogens with zero attached hydrogens (tertiary/aromatic N) is 2. The van der Waals surface area contributed by atoms with Gasteiger partial charge in [0.05, 0.1) is 11.8 Å². The third-order valence-electron chi connectivity index (χ3n) is 3.57. The standard InChI is InChI=1S/C15H25N3O/c1-13-4-2-5-14(17-13)12-18-9-6-15(7-10-18)19-11-3-8-16/h2,4-5,15H,3,6-12,16H2,1H3. The van der Waals surface area contributed by atoms with E-state index in [-0.39, 0.29) is 0 Å². The Labute approximate surface area is 116 Å². The van der Waals surface area contributed by atoms with Gasteiger partial charge >= 0.3 is 0 Å². The van der Waals surface area contributed by atoms with Crippen LogP contribution in [0, 0.1) is 6.92 Å². The predicted octanol–water partition coefficient (Wildman–Crippen LogP) is 1.72. The van der Waals surface area contributed by atoms with E-state index in [1.54, 1.807) is 0 Å². The molecule has 1 fully saturated rings. The Morgan fingerprint density at radius 3 is 2.84 bits per heavy atom. The molecule has 1 aliphatic rings. The zero-order valence-electron chi connectivity index (χ0n) is 11.8. The minimum Gasteiger partial charge on any atom is -0.378 e. The molecule has 2 N–H and O–H groups in total. The maximum atomic E-state index is 5.82. The van der Waals surface area contributed by atoms with E-state index in [4.69, 9.17) is 10.5 Å².